The maximum absolute atomic E-state index is 13.3. The Labute approximate surface area is 132 Å². The van der Waals surface area contributed by atoms with E-state index in [2.05, 4.69) is 20.7 Å². The van der Waals surface area contributed by atoms with Gasteiger partial charge in [-0.1, -0.05) is 13.8 Å². The second-order valence-corrected chi connectivity index (χ2v) is 8.21. The molecule has 5 nitrogen and oxygen atoms in total. The Balaban J connectivity index is 2.90. The molecule has 0 aliphatic rings. The van der Waals surface area contributed by atoms with Gasteiger partial charge in [0.15, 0.2) is 0 Å². The molecule has 0 aromatic heterocycles. The van der Waals surface area contributed by atoms with Gasteiger partial charge in [-0.2, -0.15) is 0 Å². The summed E-state index contributed by atoms with van der Waals surface area (Å²) in [5, 5.41) is 8.83. The van der Waals surface area contributed by atoms with Crippen LogP contribution < -0.4 is 10.5 Å². The quantitative estimate of drug-likeness (QED) is 0.630. The number of nitrogen functional groups attached to an aromatic ring is 1. The van der Waals surface area contributed by atoms with Crippen molar-refractivity contribution in [2.45, 2.75) is 31.6 Å². The number of nitrogens with one attached hydrogen (secondary N) is 1. The van der Waals surface area contributed by atoms with E-state index in [9.17, 15) is 12.8 Å². The van der Waals surface area contributed by atoms with Crippen LogP contribution in [0.5, 0.6) is 0 Å². The zero-order chi connectivity index (χ0) is 16.3. The number of nitrogens with two attached hydrogens (primary N) is 1. The predicted octanol–water partition coefficient (Wildman–Crippen LogP) is 2.25. The van der Waals surface area contributed by atoms with Crippen molar-refractivity contribution in [3.05, 3.63) is 22.4 Å². The van der Waals surface area contributed by atoms with E-state index in [1.165, 1.54) is 0 Å². The molecular formula is C13H20BrFN2O3S. The second-order valence-electron chi connectivity index (χ2n) is 5.62. The minimum atomic E-state index is -3.79. The van der Waals surface area contributed by atoms with Crippen LogP contribution in [0.25, 0.3) is 0 Å². The summed E-state index contributed by atoms with van der Waals surface area (Å²) in [6, 6.07) is 2.11. The monoisotopic (exact) mass is 382 g/mol. The van der Waals surface area contributed by atoms with Gasteiger partial charge in [0.2, 0.25) is 10.0 Å². The van der Waals surface area contributed by atoms with Gasteiger partial charge in [-0.25, -0.2) is 17.5 Å². The van der Waals surface area contributed by atoms with Gasteiger partial charge in [-0.05, 0) is 46.3 Å². The summed E-state index contributed by atoms with van der Waals surface area (Å²) in [6.45, 7) is 4.08. The molecule has 1 aromatic rings. The first-order valence-electron chi connectivity index (χ1n) is 6.44. The average Bonchev–Trinajstić information content (AvgIpc) is 2.38. The van der Waals surface area contributed by atoms with E-state index in [0.717, 1.165) is 12.1 Å². The molecule has 1 rings (SSSR count). The van der Waals surface area contributed by atoms with Crippen molar-refractivity contribution >= 4 is 31.6 Å². The number of benzene rings is 1. The molecule has 8 heteroatoms. The Hall–Kier alpha value is -0.700. The van der Waals surface area contributed by atoms with Gasteiger partial charge in [-0.3, -0.25) is 0 Å². The summed E-state index contributed by atoms with van der Waals surface area (Å²) in [6.07, 6.45) is 1.28. The van der Waals surface area contributed by atoms with Gasteiger partial charge in [0, 0.05) is 17.6 Å². The Kier molecular flexibility index (Phi) is 6.15. The summed E-state index contributed by atoms with van der Waals surface area (Å²) in [7, 11) is -3.79. The summed E-state index contributed by atoms with van der Waals surface area (Å²) in [5.41, 5.74) is 4.90. The van der Waals surface area contributed by atoms with E-state index < -0.39 is 15.8 Å². The van der Waals surface area contributed by atoms with Crippen LogP contribution in [0.15, 0.2) is 21.5 Å². The highest BCUT2D eigenvalue weighted by atomic mass is 79.9. The molecule has 0 heterocycles. The first-order valence-corrected chi connectivity index (χ1v) is 8.72. The van der Waals surface area contributed by atoms with E-state index in [1.54, 1.807) is 0 Å². The molecule has 0 aliphatic heterocycles. The lowest BCUT2D eigenvalue weighted by molar-refractivity contribution is 0.242. The Bertz CT molecular complexity index is 606. The standard InChI is InChI=1S/C13H20BrFN2O3S/c1-13(2,4-3-5-18)8-17-21(19,20)12-7-11(16)10(15)6-9(12)14/h6-7,17-18H,3-5,8,16H2,1-2H3. The minimum absolute atomic E-state index is 0.0657. The van der Waals surface area contributed by atoms with Crippen molar-refractivity contribution in [1.29, 1.82) is 0 Å². The maximum atomic E-state index is 13.3. The van der Waals surface area contributed by atoms with Gasteiger partial charge in [0.25, 0.3) is 0 Å². The van der Waals surface area contributed by atoms with E-state index in [0.29, 0.717) is 12.8 Å². The summed E-state index contributed by atoms with van der Waals surface area (Å²) in [4.78, 5) is -0.0978. The lowest BCUT2D eigenvalue weighted by atomic mass is 9.88. The van der Waals surface area contributed by atoms with E-state index in [4.69, 9.17) is 10.8 Å². The highest BCUT2D eigenvalue weighted by Gasteiger charge is 2.24. The second kappa shape index (κ2) is 7.04. The molecule has 1 aromatic carbocycles. The SMILES string of the molecule is CC(C)(CCCO)CNS(=O)(=O)c1cc(N)c(F)cc1Br. The Morgan fingerprint density at radius 3 is 2.62 bits per heavy atom. The molecule has 0 bridgehead atoms. The van der Waals surface area contributed by atoms with Crippen molar-refractivity contribution in [2.24, 2.45) is 5.41 Å². The summed E-state index contributed by atoms with van der Waals surface area (Å²) < 4.78 is 40.4. The van der Waals surface area contributed by atoms with Crippen LogP contribution in [0, 0.1) is 11.2 Å². The molecule has 21 heavy (non-hydrogen) atoms. The minimum Gasteiger partial charge on any atom is -0.396 e. The zero-order valence-electron chi connectivity index (χ0n) is 12.0. The van der Waals surface area contributed by atoms with Crippen LogP contribution in [0.2, 0.25) is 0 Å². The van der Waals surface area contributed by atoms with Crippen LogP contribution in [0.1, 0.15) is 26.7 Å². The topological polar surface area (TPSA) is 92.4 Å². The normalized spacial score (nSPS) is 12.6. The molecule has 0 unspecified atom stereocenters. The molecular weight excluding hydrogens is 363 g/mol. The Morgan fingerprint density at radius 2 is 2.05 bits per heavy atom. The molecule has 0 atom stereocenters. The van der Waals surface area contributed by atoms with Crippen molar-refractivity contribution in [1.82, 2.24) is 4.72 Å². The van der Waals surface area contributed by atoms with Gasteiger partial charge in [0.05, 0.1) is 10.6 Å². The number of rotatable bonds is 7. The van der Waals surface area contributed by atoms with Crippen molar-refractivity contribution in [2.75, 3.05) is 18.9 Å². The van der Waals surface area contributed by atoms with Crippen molar-refractivity contribution in [3.63, 3.8) is 0 Å². The first kappa shape index (κ1) is 18.3. The average molecular weight is 383 g/mol. The van der Waals surface area contributed by atoms with Gasteiger partial charge in [0.1, 0.15) is 5.82 Å². The number of anilines is 1. The van der Waals surface area contributed by atoms with Crippen LogP contribution in [0.3, 0.4) is 0 Å². The summed E-state index contributed by atoms with van der Waals surface area (Å²) in [5.74, 6) is -0.677. The van der Waals surface area contributed by atoms with Crippen LogP contribution in [-0.2, 0) is 10.0 Å². The third-order valence-electron chi connectivity index (χ3n) is 3.09. The van der Waals surface area contributed by atoms with Gasteiger partial charge < -0.3 is 10.8 Å². The van der Waals surface area contributed by atoms with Crippen molar-refractivity contribution < 1.29 is 17.9 Å². The number of hydrogen-bond donors (Lipinski definition) is 3. The van der Waals surface area contributed by atoms with Crippen LogP contribution >= 0.6 is 15.9 Å². The highest BCUT2D eigenvalue weighted by Crippen LogP contribution is 2.28. The lowest BCUT2D eigenvalue weighted by Crippen LogP contribution is -2.34. The smallest absolute Gasteiger partial charge is 0.241 e. The fourth-order valence-electron chi connectivity index (χ4n) is 1.76. The predicted molar refractivity (Wildman–Crippen MR) is 83.8 cm³/mol. The molecule has 120 valence electrons. The van der Waals surface area contributed by atoms with E-state index >= 15 is 0 Å². The number of aliphatic hydroxyl groups excluding tert-OH is 1. The molecule has 0 amide bonds. The van der Waals surface area contributed by atoms with Gasteiger partial charge in [-0.15, -0.1) is 0 Å². The largest absolute Gasteiger partial charge is 0.396 e. The third kappa shape index (κ3) is 5.21. The number of aliphatic hydroxyl groups is 1. The van der Waals surface area contributed by atoms with E-state index in [1.807, 2.05) is 13.8 Å². The van der Waals surface area contributed by atoms with Crippen molar-refractivity contribution in [3.8, 4) is 0 Å². The fourth-order valence-corrected chi connectivity index (χ4v) is 4.05. The molecule has 0 aliphatic carbocycles. The summed E-state index contributed by atoms with van der Waals surface area (Å²) >= 11 is 3.03. The number of sulfonamides is 1. The molecule has 0 spiro atoms. The number of halogens is 2. The van der Waals surface area contributed by atoms with Gasteiger partial charge >= 0.3 is 0 Å². The van der Waals surface area contributed by atoms with Crippen LogP contribution in [-0.4, -0.2) is 26.7 Å². The van der Waals surface area contributed by atoms with Crippen LogP contribution in [0.4, 0.5) is 10.1 Å². The molecule has 0 saturated carbocycles. The molecule has 0 fully saturated rings. The third-order valence-corrected chi connectivity index (χ3v) is 5.45. The molecule has 0 saturated heterocycles. The maximum Gasteiger partial charge on any atom is 0.241 e. The highest BCUT2D eigenvalue weighted by molar-refractivity contribution is 9.10. The number of hydrogen-bond acceptors (Lipinski definition) is 4. The Morgan fingerprint density at radius 1 is 1.43 bits per heavy atom. The lowest BCUT2D eigenvalue weighted by Gasteiger charge is -2.24. The molecule has 0 radical (unpaired) electrons. The zero-order valence-corrected chi connectivity index (χ0v) is 14.4. The molecule has 4 N–H and O–H groups in total. The fraction of sp³-hybridized carbons (Fsp3) is 0.538. The van der Waals surface area contributed by atoms with E-state index in [-0.39, 0.29) is 33.6 Å². The first-order chi connectivity index (χ1) is 9.59.